The summed E-state index contributed by atoms with van der Waals surface area (Å²) in [7, 11) is 5.00. The van der Waals surface area contributed by atoms with Crippen molar-refractivity contribution in [2.24, 2.45) is 4.99 Å². The fourth-order valence-electron chi connectivity index (χ4n) is 2.93. The second-order valence-corrected chi connectivity index (χ2v) is 6.87. The fourth-order valence-corrected chi connectivity index (χ4v) is 2.93. The van der Waals surface area contributed by atoms with Crippen molar-refractivity contribution in [1.29, 1.82) is 0 Å². The Kier molecular flexibility index (Phi) is 12.4. The Balaban J connectivity index is 0.00000480. The zero-order chi connectivity index (χ0) is 21.8. The van der Waals surface area contributed by atoms with Gasteiger partial charge in [0.15, 0.2) is 5.96 Å². The Morgan fingerprint density at radius 1 is 0.871 bits per heavy atom. The summed E-state index contributed by atoms with van der Waals surface area (Å²) in [4.78, 5) is 16.4. The summed E-state index contributed by atoms with van der Waals surface area (Å²) in [5, 5.41) is 9.41. The maximum atomic E-state index is 12.1. The number of amides is 1. The molecule has 0 aliphatic carbocycles. The van der Waals surface area contributed by atoms with Crippen molar-refractivity contribution < 1.29 is 14.3 Å². The number of carbonyl (C=O) groups excluding carboxylic acids is 1. The van der Waals surface area contributed by atoms with E-state index in [1.165, 1.54) is 5.56 Å². The number of methoxy groups -OCH3 is 2. The predicted octanol–water partition coefficient (Wildman–Crippen LogP) is 3.41. The average Bonchev–Trinajstić information content (AvgIpc) is 2.80. The van der Waals surface area contributed by atoms with E-state index < -0.39 is 0 Å². The lowest BCUT2D eigenvalue weighted by molar-refractivity contribution is 0.0954. The van der Waals surface area contributed by atoms with Crippen LogP contribution >= 0.6 is 24.0 Å². The zero-order valence-corrected chi connectivity index (χ0v) is 20.9. The van der Waals surface area contributed by atoms with Crippen molar-refractivity contribution in [1.82, 2.24) is 16.0 Å². The van der Waals surface area contributed by atoms with Crippen molar-refractivity contribution in [2.75, 3.05) is 40.9 Å². The molecule has 0 aliphatic heterocycles. The molecule has 2 aromatic carbocycles. The van der Waals surface area contributed by atoms with Crippen molar-refractivity contribution in [3.05, 3.63) is 59.7 Å². The van der Waals surface area contributed by atoms with Gasteiger partial charge in [-0.05, 0) is 54.3 Å². The van der Waals surface area contributed by atoms with E-state index in [0.29, 0.717) is 24.6 Å². The summed E-state index contributed by atoms with van der Waals surface area (Å²) in [6, 6.07) is 15.2. The zero-order valence-electron chi connectivity index (χ0n) is 18.6. The van der Waals surface area contributed by atoms with Crippen molar-refractivity contribution in [3.8, 4) is 11.5 Å². The van der Waals surface area contributed by atoms with E-state index in [1.807, 2.05) is 12.1 Å². The summed E-state index contributed by atoms with van der Waals surface area (Å²) >= 11 is 0. The molecule has 170 valence electrons. The lowest BCUT2D eigenvalue weighted by atomic mass is 9.98. The molecule has 2 rings (SSSR count). The molecule has 2 aromatic rings. The lowest BCUT2D eigenvalue weighted by Crippen LogP contribution is -2.42. The second-order valence-electron chi connectivity index (χ2n) is 6.87. The third-order valence-corrected chi connectivity index (χ3v) is 4.83. The molecule has 8 heteroatoms. The number of rotatable bonds is 10. The molecule has 31 heavy (non-hydrogen) atoms. The molecule has 3 N–H and O–H groups in total. The molecule has 0 bridgehead atoms. The van der Waals surface area contributed by atoms with Crippen LogP contribution in [0.25, 0.3) is 0 Å². The highest BCUT2D eigenvalue weighted by atomic mass is 127. The molecule has 1 unspecified atom stereocenters. The predicted molar refractivity (Wildman–Crippen MR) is 136 cm³/mol. The van der Waals surface area contributed by atoms with E-state index in [2.05, 4.69) is 40.0 Å². The summed E-state index contributed by atoms with van der Waals surface area (Å²) in [5.74, 6) is 2.62. The van der Waals surface area contributed by atoms with Gasteiger partial charge in [0.05, 0.1) is 14.2 Å². The largest absolute Gasteiger partial charge is 0.497 e. The van der Waals surface area contributed by atoms with E-state index >= 15 is 0 Å². The fraction of sp³-hybridized carbons (Fsp3) is 0.391. The standard InChI is InChI=1S/C23H32N4O3.HI/c1-17(18-5-9-20(29-3)10-6-18)13-14-26-23(24-2)27-16-15-25-22(28)19-7-11-21(30-4)12-8-19;/h5-12,17H,13-16H2,1-4H3,(H,25,28)(H2,24,26,27);1H. The molecule has 0 saturated heterocycles. The van der Waals surface area contributed by atoms with E-state index in [9.17, 15) is 4.79 Å². The molecule has 7 nitrogen and oxygen atoms in total. The molecule has 0 spiro atoms. The maximum absolute atomic E-state index is 12.1. The molecule has 0 aliphatic rings. The molecule has 1 atom stereocenters. The van der Waals surface area contributed by atoms with Gasteiger partial charge in [-0.2, -0.15) is 0 Å². The molecule has 0 radical (unpaired) electrons. The Morgan fingerprint density at radius 2 is 1.39 bits per heavy atom. The van der Waals surface area contributed by atoms with Gasteiger partial charge in [0.2, 0.25) is 0 Å². The van der Waals surface area contributed by atoms with Crippen molar-refractivity contribution in [3.63, 3.8) is 0 Å². The van der Waals surface area contributed by atoms with Crippen LogP contribution in [-0.2, 0) is 0 Å². The topological polar surface area (TPSA) is 84.0 Å². The van der Waals surface area contributed by atoms with Gasteiger partial charge in [-0.15, -0.1) is 24.0 Å². The van der Waals surface area contributed by atoms with E-state index in [0.717, 1.165) is 30.4 Å². The third-order valence-electron chi connectivity index (χ3n) is 4.83. The van der Waals surface area contributed by atoms with Crippen LogP contribution in [0.15, 0.2) is 53.5 Å². The van der Waals surface area contributed by atoms with E-state index in [4.69, 9.17) is 9.47 Å². The number of benzene rings is 2. The smallest absolute Gasteiger partial charge is 0.251 e. The van der Waals surface area contributed by atoms with Crippen LogP contribution in [-0.4, -0.2) is 52.8 Å². The second kappa shape index (κ2) is 14.5. The van der Waals surface area contributed by atoms with Crippen LogP contribution in [0.2, 0.25) is 0 Å². The quantitative estimate of drug-likeness (QED) is 0.186. The number of hydrogen-bond acceptors (Lipinski definition) is 4. The first-order valence-electron chi connectivity index (χ1n) is 10.1. The number of guanidine groups is 1. The molecular formula is C23H33IN4O3. The number of ether oxygens (including phenoxy) is 2. The highest BCUT2D eigenvalue weighted by molar-refractivity contribution is 14.0. The van der Waals surface area contributed by atoms with Gasteiger partial charge in [-0.1, -0.05) is 19.1 Å². The van der Waals surface area contributed by atoms with Gasteiger partial charge in [-0.3, -0.25) is 9.79 Å². The Morgan fingerprint density at radius 3 is 1.94 bits per heavy atom. The monoisotopic (exact) mass is 540 g/mol. The van der Waals surface area contributed by atoms with Crippen molar-refractivity contribution in [2.45, 2.75) is 19.3 Å². The minimum Gasteiger partial charge on any atom is -0.497 e. The number of carbonyl (C=O) groups is 1. The van der Waals surface area contributed by atoms with Crippen LogP contribution in [0, 0.1) is 0 Å². The van der Waals surface area contributed by atoms with Gasteiger partial charge < -0.3 is 25.4 Å². The minimum atomic E-state index is -0.115. The summed E-state index contributed by atoms with van der Waals surface area (Å²) < 4.78 is 10.3. The molecule has 0 fully saturated rings. The number of nitrogens with zero attached hydrogens (tertiary/aromatic N) is 1. The van der Waals surface area contributed by atoms with Crippen LogP contribution in [0.5, 0.6) is 11.5 Å². The van der Waals surface area contributed by atoms with Gasteiger partial charge in [0, 0.05) is 32.2 Å². The maximum Gasteiger partial charge on any atom is 0.251 e. The highest BCUT2D eigenvalue weighted by Gasteiger charge is 2.07. The number of halogens is 1. The van der Waals surface area contributed by atoms with Crippen LogP contribution in [0.4, 0.5) is 0 Å². The van der Waals surface area contributed by atoms with Crippen molar-refractivity contribution >= 4 is 35.8 Å². The summed E-state index contributed by atoms with van der Waals surface area (Å²) in [6.07, 6.45) is 0.973. The minimum absolute atomic E-state index is 0. The first kappa shape index (κ1) is 26.5. The highest BCUT2D eigenvalue weighted by Crippen LogP contribution is 2.21. The average molecular weight is 540 g/mol. The van der Waals surface area contributed by atoms with Gasteiger partial charge in [0.25, 0.3) is 5.91 Å². The molecular weight excluding hydrogens is 507 g/mol. The van der Waals surface area contributed by atoms with Gasteiger partial charge in [-0.25, -0.2) is 0 Å². The van der Waals surface area contributed by atoms with E-state index in [-0.39, 0.29) is 29.9 Å². The van der Waals surface area contributed by atoms with Crippen LogP contribution in [0.3, 0.4) is 0 Å². The Bertz CT molecular complexity index is 811. The Hall–Kier alpha value is -2.49. The third kappa shape index (κ3) is 9.04. The van der Waals surface area contributed by atoms with Crippen LogP contribution in [0.1, 0.15) is 35.2 Å². The summed E-state index contributed by atoms with van der Waals surface area (Å²) in [5.41, 5.74) is 1.88. The van der Waals surface area contributed by atoms with Gasteiger partial charge >= 0.3 is 0 Å². The first-order chi connectivity index (χ1) is 14.6. The molecule has 0 aromatic heterocycles. The van der Waals surface area contributed by atoms with E-state index in [1.54, 1.807) is 45.5 Å². The SMILES string of the molecule is CN=C(NCCNC(=O)c1ccc(OC)cc1)NCCC(C)c1ccc(OC)cc1.I. The Labute approximate surface area is 202 Å². The molecule has 0 heterocycles. The lowest BCUT2D eigenvalue weighted by Gasteiger charge is -2.15. The molecule has 1 amide bonds. The van der Waals surface area contributed by atoms with Crippen LogP contribution < -0.4 is 25.4 Å². The number of hydrogen-bond donors (Lipinski definition) is 3. The normalized spacial score (nSPS) is 11.7. The summed E-state index contributed by atoms with van der Waals surface area (Å²) in [6.45, 7) is 4.07. The molecule has 0 saturated carbocycles. The number of aliphatic imine (C=N–C) groups is 1. The first-order valence-corrected chi connectivity index (χ1v) is 10.1. The van der Waals surface area contributed by atoms with Gasteiger partial charge in [0.1, 0.15) is 11.5 Å². The number of nitrogens with one attached hydrogen (secondary N) is 3.